The largest absolute Gasteiger partial charge is 0.497 e. The molecule has 0 bridgehead atoms. The Morgan fingerprint density at radius 1 is 1.11 bits per heavy atom. The van der Waals surface area contributed by atoms with Gasteiger partial charge in [0.25, 0.3) is 0 Å². The van der Waals surface area contributed by atoms with E-state index in [-0.39, 0.29) is 23.8 Å². The Bertz CT molecular complexity index is 911. The van der Waals surface area contributed by atoms with E-state index in [0.717, 1.165) is 5.56 Å². The van der Waals surface area contributed by atoms with Gasteiger partial charge in [0.1, 0.15) is 11.5 Å². The van der Waals surface area contributed by atoms with Crippen LogP contribution in [0.2, 0.25) is 0 Å². The van der Waals surface area contributed by atoms with Crippen molar-refractivity contribution in [3.8, 4) is 11.5 Å². The molecule has 0 spiro atoms. The van der Waals surface area contributed by atoms with Gasteiger partial charge in [-0.05, 0) is 24.1 Å². The van der Waals surface area contributed by atoms with E-state index < -0.39 is 15.9 Å². The van der Waals surface area contributed by atoms with Gasteiger partial charge in [-0.1, -0.05) is 30.3 Å². The number of carbonyl (C=O) groups excluding carboxylic acids is 1. The molecular weight excluding hydrogens is 366 g/mol. The van der Waals surface area contributed by atoms with Crippen LogP contribution >= 0.6 is 0 Å². The summed E-state index contributed by atoms with van der Waals surface area (Å²) in [5.41, 5.74) is 1.43. The zero-order valence-corrected chi connectivity index (χ0v) is 16.2. The number of methoxy groups -OCH3 is 2. The zero-order chi connectivity index (χ0) is 19.4. The van der Waals surface area contributed by atoms with Crippen LogP contribution in [0.15, 0.2) is 48.5 Å². The third-order valence-corrected chi connectivity index (χ3v) is 6.44. The van der Waals surface area contributed by atoms with Gasteiger partial charge in [0.2, 0.25) is 5.91 Å². The fourth-order valence-corrected chi connectivity index (χ4v) is 5.05. The van der Waals surface area contributed by atoms with Gasteiger partial charge >= 0.3 is 0 Å². The van der Waals surface area contributed by atoms with Crippen LogP contribution in [0.3, 0.4) is 0 Å². The van der Waals surface area contributed by atoms with Crippen LogP contribution in [0.4, 0.5) is 5.69 Å². The Morgan fingerprint density at radius 2 is 1.85 bits per heavy atom. The Morgan fingerprint density at radius 3 is 2.44 bits per heavy atom. The molecule has 6 nitrogen and oxygen atoms in total. The lowest BCUT2D eigenvalue weighted by Gasteiger charge is -2.30. The summed E-state index contributed by atoms with van der Waals surface area (Å²) in [6, 6.07) is 14.2. The predicted octanol–water partition coefficient (Wildman–Crippen LogP) is 2.47. The number of anilines is 1. The monoisotopic (exact) mass is 389 g/mol. The van der Waals surface area contributed by atoms with Crippen molar-refractivity contribution < 1.29 is 22.7 Å². The molecular formula is C20H23NO5S. The van der Waals surface area contributed by atoms with Crippen molar-refractivity contribution in [3.63, 3.8) is 0 Å². The first-order chi connectivity index (χ1) is 12.9. The number of benzene rings is 2. The molecule has 1 saturated heterocycles. The average molecular weight is 389 g/mol. The van der Waals surface area contributed by atoms with Gasteiger partial charge in [0.15, 0.2) is 9.84 Å². The molecule has 0 radical (unpaired) electrons. The van der Waals surface area contributed by atoms with E-state index in [2.05, 4.69) is 0 Å². The van der Waals surface area contributed by atoms with Gasteiger partial charge in [0, 0.05) is 6.07 Å². The molecule has 1 atom stereocenters. The van der Waals surface area contributed by atoms with Gasteiger partial charge in [-0.3, -0.25) is 4.79 Å². The van der Waals surface area contributed by atoms with E-state index in [4.69, 9.17) is 9.47 Å². The third-order valence-electron chi connectivity index (χ3n) is 4.69. The van der Waals surface area contributed by atoms with Gasteiger partial charge in [-0.15, -0.1) is 0 Å². The summed E-state index contributed by atoms with van der Waals surface area (Å²) in [6.45, 7) is 0. The van der Waals surface area contributed by atoms with Crippen molar-refractivity contribution >= 4 is 21.4 Å². The fraction of sp³-hybridized carbons (Fsp3) is 0.350. The molecule has 0 aromatic heterocycles. The second kappa shape index (κ2) is 8.00. The van der Waals surface area contributed by atoms with Gasteiger partial charge in [0.05, 0.1) is 43.9 Å². The van der Waals surface area contributed by atoms with Gasteiger partial charge < -0.3 is 14.4 Å². The number of nitrogens with zero attached hydrogens (tertiary/aromatic N) is 1. The number of sulfone groups is 1. The number of carbonyl (C=O) groups is 1. The Balaban J connectivity index is 1.99. The fourth-order valence-electron chi connectivity index (χ4n) is 3.35. The normalized spacial score (nSPS) is 18.1. The molecule has 0 saturated carbocycles. The third kappa shape index (κ3) is 4.42. The number of hydrogen-bond donors (Lipinski definition) is 0. The number of ether oxygens (including phenoxy) is 2. The quantitative estimate of drug-likeness (QED) is 0.759. The molecule has 1 aliphatic heterocycles. The summed E-state index contributed by atoms with van der Waals surface area (Å²) in [5.74, 6) is 0.963. The smallest absolute Gasteiger partial charge is 0.231 e. The maximum atomic E-state index is 13.2. The summed E-state index contributed by atoms with van der Waals surface area (Å²) in [5, 5.41) is 0. The van der Waals surface area contributed by atoms with E-state index in [9.17, 15) is 13.2 Å². The first kappa shape index (κ1) is 19.2. The van der Waals surface area contributed by atoms with E-state index in [1.165, 1.54) is 7.11 Å². The first-order valence-electron chi connectivity index (χ1n) is 8.72. The minimum absolute atomic E-state index is 0.0390. The summed E-state index contributed by atoms with van der Waals surface area (Å²) >= 11 is 0. The van der Waals surface area contributed by atoms with Crippen LogP contribution in [0.25, 0.3) is 0 Å². The maximum Gasteiger partial charge on any atom is 0.231 e. The lowest BCUT2D eigenvalue weighted by atomic mass is 10.1. The van der Waals surface area contributed by atoms with Crippen molar-refractivity contribution in [2.75, 3.05) is 30.6 Å². The van der Waals surface area contributed by atoms with Crippen molar-refractivity contribution in [1.29, 1.82) is 0 Å². The Hall–Kier alpha value is -2.54. The highest BCUT2D eigenvalue weighted by atomic mass is 32.2. The second-order valence-electron chi connectivity index (χ2n) is 6.52. The minimum atomic E-state index is -3.15. The molecule has 3 rings (SSSR count). The van der Waals surface area contributed by atoms with Crippen LogP contribution in [0.1, 0.15) is 12.0 Å². The Labute approximate surface area is 159 Å². The molecule has 7 heteroatoms. The van der Waals surface area contributed by atoms with E-state index in [0.29, 0.717) is 23.6 Å². The average Bonchev–Trinajstić information content (AvgIpc) is 3.02. The summed E-state index contributed by atoms with van der Waals surface area (Å²) in [6.07, 6.45) is 0.602. The summed E-state index contributed by atoms with van der Waals surface area (Å²) in [4.78, 5) is 14.8. The van der Waals surface area contributed by atoms with Gasteiger partial charge in [-0.25, -0.2) is 8.42 Å². The molecule has 1 heterocycles. The van der Waals surface area contributed by atoms with Crippen LogP contribution in [-0.2, 0) is 21.1 Å². The second-order valence-corrected chi connectivity index (χ2v) is 8.75. The van der Waals surface area contributed by atoms with Crippen molar-refractivity contribution in [2.45, 2.75) is 18.9 Å². The van der Waals surface area contributed by atoms with Crippen LogP contribution in [0.5, 0.6) is 11.5 Å². The predicted molar refractivity (Wildman–Crippen MR) is 104 cm³/mol. The molecule has 27 heavy (non-hydrogen) atoms. The SMILES string of the molecule is COc1ccc(N(C(=O)Cc2ccccc2)C2CCS(=O)(=O)C2)c(OC)c1. The van der Waals surface area contributed by atoms with Crippen molar-refractivity contribution in [3.05, 3.63) is 54.1 Å². The molecule has 1 fully saturated rings. The number of amides is 1. The first-order valence-corrected chi connectivity index (χ1v) is 10.5. The highest BCUT2D eigenvalue weighted by molar-refractivity contribution is 7.91. The molecule has 0 N–H and O–H groups in total. The standard InChI is InChI=1S/C20H23NO5S/c1-25-17-8-9-18(19(13-17)26-2)21(16-10-11-27(23,24)14-16)20(22)12-15-6-4-3-5-7-15/h3-9,13,16H,10-12,14H2,1-2H3. The van der Waals surface area contributed by atoms with Gasteiger partial charge in [-0.2, -0.15) is 0 Å². The summed E-state index contributed by atoms with van der Waals surface area (Å²) in [7, 11) is -0.0774. The molecule has 2 aromatic carbocycles. The highest BCUT2D eigenvalue weighted by Gasteiger charge is 2.36. The van der Waals surface area contributed by atoms with Crippen LogP contribution in [-0.4, -0.2) is 46.1 Å². The number of hydrogen-bond acceptors (Lipinski definition) is 5. The number of rotatable bonds is 6. The maximum absolute atomic E-state index is 13.2. The molecule has 0 aliphatic carbocycles. The molecule has 2 aromatic rings. The lowest BCUT2D eigenvalue weighted by molar-refractivity contribution is -0.118. The van der Waals surface area contributed by atoms with E-state index in [1.807, 2.05) is 30.3 Å². The van der Waals surface area contributed by atoms with Crippen LogP contribution < -0.4 is 14.4 Å². The van der Waals surface area contributed by atoms with E-state index in [1.54, 1.807) is 30.2 Å². The van der Waals surface area contributed by atoms with Crippen LogP contribution in [0, 0.1) is 0 Å². The lowest BCUT2D eigenvalue weighted by Crippen LogP contribution is -2.42. The van der Waals surface area contributed by atoms with E-state index >= 15 is 0 Å². The highest BCUT2D eigenvalue weighted by Crippen LogP contribution is 2.35. The zero-order valence-electron chi connectivity index (χ0n) is 15.4. The molecule has 1 amide bonds. The molecule has 144 valence electrons. The van der Waals surface area contributed by atoms with Crippen molar-refractivity contribution in [1.82, 2.24) is 0 Å². The molecule has 1 aliphatic rings. The minimum Gasteiger partial charge on any atom is -0.497 e. The van der Waals surface area contributed by atoms with Crippen molar-refractivity contribution in [2.24, 2.45) is 0 Å². The Kier molecular flexibility index (Phi) is 5.70. The topological polar surface area (TPSA) is 72.9 Å². The summed E-state index contributed by atoms with van der Waals surface area (Å²) < 4.78 is 34.7. The molecule has 1 unspecified atom stereocenters.